The van der Waals surface area contributed by atoms with E-state index in [-0.39, 0.29) is 11.3 Å². The lowest BCUT2D eigenvalue weighted by Crippen LogP contribution is -2.38. The predicted octanol–water partition coefficient (Wildman–Crippen LogP) is 1.77. The summed E-state index contributed by atoms with van der Waals surface area (Å²) in [6.07, 6.45) is 2.21. The number of aliphatic hydroxyl groups excluding tert-OH is 1. The van der Waals surface area contributed by atoms with E-state index in [1.165, 1.54) is 11.2 Å². The summed E-state index contributed by atoms with van der Waals surface area (Å²) in [5.41, 5.74) is 1.83. The standard InChI is InChI=1S/C22H28N4O5/c1-14-17(15(2)24(3)23-14)20(27)18-19(16-6-4-11-31-16)26(22(29)21(18)28)8-5-7-25-9-12-30-13-10-25/h4,6,11,19,27H,5,7-10,12-13H2,1-3H3/t19-/m0/s1. The van der Waals surface area contributed by atoms with E-state index in [2.05, 4.69) is 10.00 Å². The lowest BCUT2D eigenvalue weighted by atomic mass is 9.98. The van der Waals surface area contributed by atoms with Gasteiger partial charge in [0.15, 0.2) is 0 Å². The molecule has 0 aliphatic carbocycles. The van der Waals surface area contributed by atoms with Crippen LogP contribution in [0.1, 0.15) is 35.2 Å². The molecule has 1 amide bonds. The Labute approximate surface area is 180 Å². The van der Waals surface area contributed by atoms with Crippen molar-refractivity contribution in [3.63, 3.8) is 0 Å². The van der Waals surface area contributed by atoms with Crippen molar-refractivity contribution < 1.29 is 23.8 Å². The quantitative estimate of drug-likeness (QED) is 0.425. The minimum Gasteiger partial charge on any atom is -0.507 e. The smallest absolute Gasteiger partial charge is 0.295 e. The maximum Gasteiger partial charge on any atom is 0.295 e. The van der Waals surface area contributed by atoms with Crippen molar-refractivity contribution in [2.75, 3.05) is 39.4 Å². The average Bonchev–Trinajstić information content (AvgIpc) is 3.43. The number of morpholine rings is 1. The van der Waals surface area contributed by atoms with Crippen molar-refractivity contribution >= 4 is 17.4 Å². The molecule has 0 radical (unpaired) electrons. The Hall–Kier alpha value is -2.91. The fourth-order valence-electron chi connectivity index (χ4n) is 4.39. The van der Waals surface area contributed by atoms with Crippen LogP contribution in [0.15, 0.2) is 28.4 Å². The Kier molecular flexibility index (Phi) is 5.97. The summed E-state index contributed by atoms with van der Waals surface area (Å²) in [5.74, 6) is -1.08. The van der Waals surface area contributed by atoms with E-state index in [0.29, 0.717) is 48.9 Å². The molecule has 2 aromatic rings. The lowest BCUT2D eigenvalue weighted by Gasteiger charge is -2.28. The largest absolute Gasteiger partial charge is 0.507 e. The molecule has 1 N–H and O–H groups in total. The van der Waals surface area contributed by atoms with Crippen molar-refractivity contribution in [2.24, 2.45) is 7.05 Å². The predicted molar refractivity (Wildman–Crippen MR) is 112 cm³/mol. The van der Waals surface area contributed by atoms with Gasteiger partial charge in [0.25, 0.3) is 11.7 Å². The normalized spacial score (nSPS) is 21.9. The molecule has 0 unspecified atom stereocenters. The SMILES string of the molecule is Cc1nn(C)c(C)c1C(O)=C1C(=O)C(=O)N(CCCN2CCOCC2)[C@H]1c1ccco1. The van der Waals surface area contributed by atoms with Crippen LogP contribution in [0, 0.1) is 13.8 Å². The fraction of sp³-hybridized carbons (Fsp3) is 0.500. The number of Topliss-reactive ketones (excluding diaryl/α,β-unsaturated/α-hetero) is 1. The van der Waals surface area contributed by atoms with Crippen molar-refractivity contribution in [2.45, 2.75) is 26.3 Å². The van der Waals surface area contributed by atoms with Gasteiger partial charge in [0.1, 0.15) is 17.6 Å². The van der Waals surface area contributed by atoms with Crippen LogP contribution in [-0.2, 0) is 21.4 Å². The number of ketones is 1. The van der Waals surface area contributed by atoms with Gasteiger partial charge in [-0.1, -0.05) is 0 Å². The first-order chi connectivity index (χ1) is 14.9. The van der Waals surface area contributed by atoms with Gasteiger partial charge in [-0.05, 0) is 32.4 Å². The minimum absolute atomic E-state index is 0.0468. The molecule has 2 aliphatic rings. The Bertz CT molecular complexity index is 1000. The van der Waals surface area contributed by atoms with E-state index < -0.39 is 17.7 Å². The van der Waals surface area contributed by atoms with Crippen LogP contribution >= 0.6 is 0 Å². The molecule has 2 aliphatic heterocycles. The molecule has 9 heteroatoms. The van der Waals surface area contributed by atoms with Gasteiger partial charge in [-0.3, -0.25) is 19.2 Å². The van der Waals surface area contributed by atoms with Crippen LogP contribution < -0.4 is 0 Å². The van der Waals surface area contributed by atoms with Crippen LogP contribution in [0.3, 0.4) is 0 Å². The summed E-state index contributed by atoms with van der Waals surface area (Å²) in [5, 5.41) is 15.5. The third kappa shape index (κ3) is 3.90. The first kappa shape index (κ1) is 21.3. The fourth-order valence-corrected chi connectivity index (χ4v) is 4.39. The maximum atomic E-state index is 13.0. The number of aromatic nitrogens is 2. The Morgan fingerprint density at radius 3 is 2.58 bits per heavy atom. The zero-order valence-corrected chi connectivity index (χ0v) is 18.1. The highest BCUT2D eigenvalue weighted by Crippen LogP contribution is 2.40. The van der Waals surface area contributed by atoms with E-state index >= 15 is 0 Å². The number of hydrogen-bond donors (Lipinski definition) is 1. The molecule has 31 heavy (non-hydrogen) atoms. The number of rotatable bonds is 6. The molecule has 0 spiro atoms. The molecule has 2 saturated heterocycles. The zero-order valence-electron chi connectivity index (χ0n) is 18.1. The van der Waals surface area contributed by atoms with Crippen molar-refractivity contribution in [1.29, 1.82) is 0 Å². The molecule has 2 fully saturated rings. The monoisotopic (exact) mass is 428 g/mol. The highest BCUT2D eigenvalue weighted by atomic mass is 16.5. The van der Waals surface area contributed by atoms with Gasteiger partial charge in [0.2, 0.25) is 0 Å². The summed E-state index contributed by atoms with van der Waals surface area (Å²) < 4.78 is 12.6. The molecule has 1 atom stereocenters. The minimum atomic E-state index is -0.765. The number of aryl methyl sites for hydroxylation is 2. The average molecular weight is 428 g/mol. The van der Waals surface area contributed by atoms with Crippen molar-refractivity contribution in [3.05, 3.63) is 46.7 Å². The van der Waals surface area contributed by atoms with Gasteiger partial charge in [-0.25, -0.2) is 0 Å². The van der Waals surface area contributed by atoms with E-state index in [1.807, 2.05) is 6.92 Å². The second kappa shape index (κ2) is 8.68. The van der Waals surface area contributed by atoms with Crippen LogP contribution in [0.25, 0.3) is 5.76 Å². The van der Waals surface area contributed by atoms with Gasteiger partial charge < -0.3 is 19.2 Å². The highest BCUT2D eigenvalue weighted by molar-refractivity contribution is 6.46. The summed E-state index contributed by atoms with van der Waals surface area (Å²) in [7, 11) is 1.77. The first-order valence-electron chi connectivity index (χ1n) is 10.5. The van der Waals surface area contributed by atoms with Crippen molar-refractivity contribution in [3.8, 4) is 0 Å². The summed E-state index contributed by atoms with van der Waals surface area (Å²) in [4.78, 5) is 29.8. The molecule has 2 aromatic heterocycles. The number of ether oxygens (including phenoxy) is 1. The van der Waals surface area contributed by atoms with Gasteiger partial charge in [-0.2, -0.15) is 5.10 Å². The zero-order chi connectivity index (χ0) is 22.1. The number of aliphatic hydroxyl groups is 1. The van der Waals surface area contributed by atoms with E-state index in [4.69, 9.17) is 9.15 Å². The maximum absolute atomic E-state index is 13.0. The number of likely N-dealkylation sites (tertiary alicyclic amines) is 1. The Morgan fingerprint density at radius 2 is 1.97 bits per heavy atom. The van der Waals surface area contributed by atoms with Crippen LogP contribution in [0.5, 0.6) is 0 Å². The van der Waals surface area contributed by atoms with Crippen LogP contribution in [-0.4, -0.2) is 75.8 Å². The van der Waals surface area contributed by atoms with E-state index in [0.717, 1.165) is 19.6 Å². The van der Waals surface area contributed by atoms with Crippen LogP contribution in [0.4, 0.5) is 0 Å². The first-order valence-corrected chi connectivity index (χ1v) is 10.5. The number of amides is 1. The number of furan rings is 1. The number of carbonyl (C=O) groups is 2. The Balaban J connectivity index is 1.66. The topological polar surface area (TPSA) is 101 Å². The number of carbonyl (C=O) groups excluding carboxylic acids is 2. The van der Waals surface area contributed by atoms with E-state index in [9.17, 15) is 14.7 Å². The second-order valence-corrected chi connectivity index (χ2v) is 7.98. The molecule has 4 heterocycles. The third-order valence-electron chi connectivity index (χ3n) is 6.08. The second-order valence-electron chi connectivity index (χ2n) is 7.98. The molecule has 9 nitrogen and oxygen atoms in total. The molecular weight excluding hydrogens is 400 g/mol. The van der Waals surface area contributed by atoms with Gasteiger partial charge >= 0.3 is 0 Å². The summed E-state index contributed by atoms with van der Waals surface area (Å²) in [6.45, 7) is 7.91. The van der Waals surface area contributed by atoms with Gasteiger partial charge in [0.05, 0.1) is 36.3 Å². The Morgan fingerprint density at radius 1 is 1.23 bits per heavy atom. The molecule has 0 aromatic carbocycles. The molecule has 4 rings (SSSR count). The van der Waals surface area contributed by atoms with Gasteiger partial charge in [0, 0.05) is 38.9 Å². The summed E-state index contributed by atoms with van der Waals surface area (Å²) in [6, 6.07) is 2.67. The molecular formula is C22H28N4O5. The van der Waals surface area contributed by atoms with Crippen LogP contribution in [0.2, 0.25) is 0 Å². The number of nitrogens with zero attached hydrogens (tertiary/aromatic N) is 4. The van der Waals surface area contributed by atoms with Crippen molar-refractivity contribution in [1.82, 2.24) is 19.6 Å². The molecule has 166 valence electrons. The molecule has 0 saturated carbocycles. The van der Waals surface area contributed by atoms with Gasteiger partial charge in [-0.15, -0.1) is 0 Å². The molecule has 0 bridgehead atoms. The third-order valence-corrected chi connectivity index (χ3v) is 6.08. The number of hydrogen-bond acceptors (Lipinski definition) is 7. The summed E-state index contributed by atoms with van der Waals surface area (Å²) >= 11 is 0. The highest BCUT2D eigenvalue weighted by Gasteiger charge is 2.47. The van der Waals surface area contributed by atoms with E-state index in [1.54, 1.807) is 30.8 Å². The lowest BCUT2D eigenvalue weighted by molar-refractivity contribution is -0.140.